The van der Waals surface area contributed by atoms with Crippen LogP contribution in [-0.4, -0.2) is 51.3 Å². The quantitative estimate of drug-likeness (QED) is 0.498. The number of hydrogen-bond donors (Lipinski definition) is 4. The van der Waals surface area contributed by atoms with Gasteiger partial charge in [-0.25, -0.2) is 0 Å². The molecule has 0 spiro atoms. The average Bonchev–Trinajstić information content (AvgIpc) is 2.71. The van der Waals surface area contributed by atoms with Gasteiger partial charge in [0.05, 0.1) is 10.9 Å². The first-order valence-electron chi connectivity index (χ1n) is 8.71. The van der Waals surface area contributed by atoms with Gasteiger partial charge in [0.1, 0.15) is 35.9 Å². The minimum Gasteiger partial charge on any atom is -0.463 e. The van der Waals surface area contributed by atoms with E-state index in [0.29, 0.717) is 21.5 Å². The summed E-state index contributed by atoms with van der Waals surface area (Å²) in [5.74, 6) is 0.166. The van der Waals surface area contributed by atoms with Crippen LogP contribution in [0.2, 0.25) is 5.02 Å². The van der Waals surface area contributed by atoms with Crippen LogP contribution < -0.4 is 10.2 Å². The standard InChI is InChI=1S/C20H17ClO8/c21-10-3-1-9(2-4-10)13-8-27-14-7-11(5-6-12(14)15(13)22)28-20-18(25)16(23)17(24)19(26)29-20/h1-8,16-20,23-26H. The summed E-state index contributed by atoms with van der Waals surface area (Å²) < 4.78 is 16.0. The van der Waals surface area contributed by atoms with E-state index in [1.165, 1.54) is 24.5 Å². The Morgan fingerprint density at radius 3 is 2.38 bits per heavy atom. The van der Waals surface area contributed by atoms with E-state index in [-0.39, 0.29) is 16.8 Å². The number of fused-ring (bicyclic) bond motifs is 1. The highest BCUT2D eigenvalue weighted by Crippen LogP contribution is 2.27. The fourth-order valence-corrected chi connectivity index (χ4v) is 3.20. The van der Waals surface area contributed by atoms with Gasteiger partial charge in [0.25, 0.3) is 0 Å². The molecule has 1 saturated heterocycles. The van der Waals surface area contributed by atoms with Gasteiger partial charge in [-0.3, -0.25) is 4.79 Å². The van der Waals surface area contributed by atoms with Crippen molar-refractivity contribution in [3.8, 4) is 16.9 Å². The minimum atomic E-state index is -1.72. The van der Waals surface area contributed by atoms with Crippen molar-refractivity contribution in [2.24, 2.45) is 0 Å². The molecule has 0 aliphatic carbocycles. The largest absolute Gasteiger partial charge is 0.463 e. The zero-order chi connectivity index (χ0) is 20.7. The van der Waals surface area contributed by atoms with Gasteiger partial charge in [0.2, 0.25) is 6.29 Å². The number of rotatable bonds is 3. The molecule has 1 aromatic heterocycles. The molecular formula is C20H17ClO8. The number of halogens is 1. The van der Waals surface area contributed by atoms with E-state index in [1.54, 1.807) is 24.3 Å². The van der Waals surface area contributed by atoms with Crippen LogP contribution in [0.25, 0.3) is 22.1 Å². The topological polar surface area (TPSA) is 130 Å². The van der Waals surface area contributed by atoms with Gasteiger partial charge in [0, 0.05) is 11.1 Å². The predicted octanol–water partition coefficient (Wildman–Crippen LogP) is 1.25. The Morgan fingerprint density at radius 2 is 1.66 bits per heavy atom. The van der Waals surface area contributed by atoms with Crippen LogP contribution in [0.4, 0.5) is 0 Å². The molecule has 4 N–H and O–H groups in total. The maximum atomic E-state index is 12.8. The molecule has 0 saturated carbocycles. The summed E-state index contributed by atoms with van der Waals surface area (Å²) >= 11 is 5.88. The third kappa shape index (κ3) is 3.74. The van der Waals surface area contributed by atoms with Crippen molar-refractivity contribution in [3.05, 3.63) is 64.0 Å². The van der Waals surface area contributed by atoms with Crippen LogP contribution in [0.15, 0.2) is 57.9 Å². The number of benzene rings is 2. The summed E-state index contributed by atoms with van der Waals surface area (Å²) in [5, 5.41) is 39.7. The summed E-state index contributed by atoms with van der Waals surface area (Å²) in [5.41, 5.74) is 1.01. The van der Waals surface area contributed by atoms with Gasteiger partial charge in [-0.15, -0.1) is 0 Å². The molecule has 5 atom stereocenters. The molecule has 29 heavy (non-hydrogen) atoms. The maximum absolute atomic E-state index is 12.8. The molecule has 2 heterocycles. The lowest BCUT2D eigenvalue weighted by molar-refractivity contribution is -0.321. The van der Waals surface area contributed by atoms with Crippen molar-refractivity contribution < 1.29 is 34.3 Å². The second kappa shape index (κ2) is 7.75. The van der Waals surface area contributed by atoms with Gasteiger partial charge in [-0.05, 0) is 29.8 Å². The van der Waals surface area contributed by atoms with E-state index in [0.717, 1.165) is 0 Å². The van der Waals surface area contributed by atoms with Gasteiger partial charge >= 0.3 is 0 Å². The van der Waals surface area contributed by atoms with Crippen LogP contribution in [0.1, 0.15) is 0 Å². The monoisotopic (exact) mass is 420 g/mol. The Labute approximate surface area is 169 Å². The average molecular weight is 421 g/mol. The SMILES string of the molecule is O=c1c(-c2ccc(Cl)cc2)coc2cc(OC3OC(O)C(O)C(O)C3O)ccc12. The van der Waals surface area contributed by atoms with Crippen LogP contribution in [0.5, 0.6) is 5.75 Å². The molecule has 4 rings (SSSR count). The van der Waals surface area contributed by atoms with E-state index in [2.05, 4.69) is 0 Å². The molecule has 5 unspecified atom stereocenters. The highest BCUT2D eigenvalue weighted by atomic mass is 35.5. The highest BCUT2D eigenvalue weighted by Gasteiger charge is 2.44. The highest BCUT2D eigenvalue weighted by molar-refractivity contribution is 6.30. The van der Waals surface area contributed by atoms with E-state index in [4.69, 9.17) is 25.5 Å². The molecule has 3 aromatic rings. The lowest BCUT2D eigenvalue weighted by Gasteiger charge is -2.37. The van der Waals surface area contributed by atoms with Crippen LogP contribution in [0.3, 0.4) is 0 Å². The number of ether oxygens (including phenoxy) is 2. The Bertz CT molecular complexity index is 1080. The van der Waals surface area contributed by atoms with E-state index < -0.39 is 30.9 Å². The Hall–Kier alpha value is -2.46. The second-order valence-corrected chi connectivity index (χ2v) is 7.06. The summed E-state index contributed by atoms with van der Waals surface area (Å²) in [6.07, 6.45) is -6.73. The maximum Gasteiger partial charge on any atom is 0.231 e. The smallest absolute Gasteiger partial charge is 0.231 e. The first-order valence-corrected chi connectivity index (χ1v) is 9.09. The van der Waals surface area contributed by atoms with Crippen LogP contribution in [-0.2, 0) is 4.74 Å². The molecule has 0 bridgehead atoms. The first-order chi connectivity index (χ1) is 13.8. The van der Waals surface area contributed by atoms with Crippen molar-refractivity contribution in [2.75, 3.05) is 0 Å². The zero-order valence-electron chi connectivity index (χ0n) is 14.8. The van der Waals surface area contributed by atoms with Crippen molar-refractivity contribution in [1.82, 2.24) is 0 Å². The summed E-state index contributed by atoms with van der Waals surface area (Å²) in [6.45, 7) is 0. The van der Waals surface area contributed by atoms with Crippen molar-refractivity contribution >= 4 is 22.6 Å². The Morgan fingerprint density at radius 1 is 0.931 bits per heavy atom. The van der Waals surface area contributed by atoms with Gasteiger partial charge in [0.15, 0.2) is 11.7 Å². The molecule has 1 fully saturated rings. The van der Waals surface area contributed by atoms with Crippen LogP contribution >= 0.6 is 11.6 Å². The number of aliphatic hydroxyl groups is 4. The van der Waals surface area contributed by atoms with Crippen molar-refractivity contribution in [2.45, 2.75) is 30.9 Å². The molecule has 0 amide bonds. The third-order valence-corrected chi connectivity index (χ3v) is 4.95. The van der Waals surface area contributed by atoms with Gasteiger partial charge < -0.3 is 34.3 Å². The molecule has 8 nitrogen and oxygen atoms in total. The fourth-order valence-electron chi connectivity index (χ4n) is 3.07. The Kier molecular flexibility index (Phi) is 5.30. The first kappa shape index (κ1) is 19.8. The van der Waals surface area contributed by atoms with Crippen molar-refractivity contribution in [1.29, 1.82) is 0 Å². The van der Waals surface area contributed by atoms with Crippen LogP contribution in [0, 0.1) is 0 Å². The summed E-state index contributed by atoms with van der Waals surface area (Å²) in [6, 6.07) is 11.1. The number of hydrogen-bond acceptors (Lipinski definition) is 8. The summed E-state index contributed by atoms with van der Waals surface area (Å²) in [7, 11) is 0. The molecule has 152 valence electrons. The lowest BCUT2D eigenvalue weighted by Crippen LogP contribution is -2.59. The minimum absolute atomic E-state index is 0.166. The summed E-state index contributed by atoms with van der Waals surface area (Å²) in [4.78, 5) is 12.8. The molecule has 2 aromatic carbocycles. The second-order valence-electron chi connectivity index (χ2n) is 6.63. The predicted molar refractivity (Wildman–Crippen MR) is 102 cm³/mol. The van der Waals surface area contributed by atoms with E-state index >= 15 is 0 Å². The third-order valence-electron chi connectivity index (χ3n) is 4.70. The molecule has 9 heteroatoms. The molecule has 0 radical (unpaired) electrons. The zero-order valence-corrected chi connectivity index (χ0v) is 15.6. The normalized spacial score (nSPS) is 27.1. The van der Waals surface area contributed by atoms with E-state index in [1.807, 2.05) is 0 Å². The number of aliphatic hydroxyl groups excluding tert-OH is 4. The fraction of sp³-hybridized carbons (Fsp3) is 0.250. The molecule has 1 aliphatic rings. The van der Waals surface area contributed by atoms with Crippen molar-refractivity contribution in [3.63, 3.8) is 0 Å². The molecule has 1 aliphatic heterocycles. The lowest BCUT2D eigenvalue weighted by atomic mass is 10.0. The van der Waals surface area contributed by atoms with Gasteiger partial charge in [-0.2, -0.15) is 0 Å². The Balaban J connectivity index is 1.63. The molecular weight excluding hydrogens is 404 g/mol. The van der Waals surface area contributed by atoms with E-state index in [9.17, 15) is 25.2 Å². The van der Waals surface area contributed by atoms with Gasteiger partial charge in [-0.1, -0.05) is 23.7 Å².